The highest BCUT2D eigenvalue weighted by Crippen LogP contribution is 2.28. The maximum absolute atomic E-state index is 11.5. The van der Waals surface area contributed by atoms with Crippen LogP contribution in [0.25, 0.3) is 0 Å². The fourth-order valence-corrected chi connectivity index (χ4v) is 1.26. The first-order valence-electron chi connectivity index (χ1n) is 5.64. The average Bonchev–Trinajstić information content (AvgIpc) is 2.95. The van der Waals surface area contributed by atoms with Crippen molar-refractivity contribution < 1.29 is 19.4 Å². The third-order valence-corrected chi connectivity index (χ3v) is 2.89. The highest BCUT2D eigenvalue weighted by molar-refractivity contribution is 6.75. The maximum atomic E-state index is 11.5. The number of hydrogen-bond acceptors (Lipinski definition) is 4. The van der Waals surface area contributed by atoms with Crippen molar-refractivity contribution in [3.63, 3.8) is 0 Å². The Hall–Kier alpha value is -0.0700. The number of epoxide rings is 1. The minimum atomic E-state index is -2.17. The highest BCUT2D eigenvalue weighted by atomic mass is 35.6. The smallest absolute Gasteiger partial charge is 0.356 e. The standard InChI is InChI=1S/C9H17NO2.C2HCl3O2/c1-6(2)4-7(10)8(11)9(3)5-12-9;3-2(4,5)1(6)7/h6-7H,4-5,10H2,1-3H3;(H,6,7)/t7-,9+;/m0./s1. The molecule has 19 heavy (non-hydrogen) atoms. The van der Waals surface area contributed by atoms with Gasteiger partial charge in [0, 0.05) is 0 Å². The van der Waals surface area contributed by atoms with Gasteiger partial charge in [0.05, 0.1) is 12.6 Å². The van der Waals surface area contributed by atoms with E-state index in [2.05, 4.69) is 13.8 Å². The van der Waals surface area contributed by atoms with Crippen molar-refractivity contribution in [2.45, 2.75) is 42.6 Å². The summed E-state index contributed by atoms with van der Waals surface area (Å²) in [4.78, 5) is 21.1. The first-order valence-corrected chi connectivity index (χ1v) is 6.77. The number of halogens is 3. The van der Waals surface area contributed by atoms with Crippen LogP contribution < -0.4 is 5.73 Å². The lowest BCUT2D eigenvalue weighted by molar-refractivity contribution is -0.136. The number of alkyl halides is 3. The first-order chi connectivity index (χ1) is 8.40. The number of carboxylic acid groups (broad SMARTS) is 1. The molecular weight excluding hydrogens is 316 g/mol. The molecule has 0 aromatic heterocycles. The van der Waals surface area contributed by atoms with E-state index < -0.39 is 15.4 Å². The Bertz CT molecular complexity index is 337. The maximum Gasteiger partial charge on any atom is 0.356 e. The molecule has 8 heteroatoms. The summed E-state index contributed by atoms with van der Waals surface area (Å²) in [5, 5.41) is 7.85. The molecule has 0 bridgehead atoms. The van der Waals surface area contributed by atoms with Crippen molar-refractivity contribution in [2.75, 3.05) is 6.61 Å². The molecule has 112 valence electrons. The quantitative estimate of drug-likeness (QED) is 0.607. The summed E-state index contributed by atoms with van der Waals surface area (Å²) in [5.74, 6) is -0.944. The van der Waals surface area contributed by atoms with E-state index in [9.17, 15) is 9.59 Å². The van der Waals surface area contributed by atoms with E-state index >= 15 is 0 Å². The van der Waals surface area contributed by atoms with E-state index in [0.29, 0.717) is 12.5 Å². The lowest BCUT2D eigenvalue weighted by atomic mass is 9.94. The van der Waals surface area contributed by atoms with E-state index in [1.165, 1.54) is 0 Å². The van der Waals surface area contributed by atoms with E-state index in [-0.39, 0.29) is 11.8 Å². The summed E-state index contributed by atoms with van der Waals surface area (Å²) in [7, 11) is 0. The van der Waals surface area contributed by atoms with Gasteiger partial charge in [0.1, 0.15) is 5.60 Å². The zero-order chi connectivity index (χ0) is 15.4. The molecule has 1 rings (SSSR count). The van der Waals surface area contributed by atoms with Crippen LogP contribution in [0, 0.1) is 5.92 Å². The van der Waals surface area contributed by atoms with Gasteiger partial charge < -0.3 is 15.6 Å². The van der Waals surface area contributed by atoms with E-state index in [0.717, 1.165) is 6.42 Å². The monoisotopic (exact) mass is 333 g/mol. The molecule has 1 heterocycles. The van der Waals surface area contributed by atoms with Gasteiger partial charge in [-0.3, -0.25) is 4.79 Å². The molecule has 0 saturated carbocycles. The van der Waals surface area contributed by atoms with Gasteiger partial charge in [-0.2, -0.15) is 0 Å². The minimum absolute atomic E-state index is 0.0520. The third kappa shape index (κ3) is 7.32. The van der Waals surface area contributed by atoms with Crippen molar-refractivity contribution in [2.24, 2.45) is 11.7 Å². The molecular formula is C11H18Cl3NO4. The highest BCUT2D eigenvalue weighted by Gasteiger charge is 2.48. The second-order valence-corrected chi connectivity index (χ2v) is 7.20. The molecule has 5 nitrogen and oxygen atoms in total. The van der Waals surface area contributed by atoms with Crippen LogP contribution in [-0.4, -0.2) is 38.9 Å². The van der Waals surface area contributed by atoms with Gasteiger partial charge in [-0.1, -0.05) is 48.7 Å². The molecule has 2 atom stereocenters. The molecule has 1 saturated heterocycles. The molecule has 0 aromatic rings. The van der Waals surface area contributed by atoms with Crippen LogP contribution in [0.3, 0.4) is 0 Å². The van der Waals surface area contributed by atoms with Crippen LogP contribution in [0.2, 0.25) is 0 Å². The van der Waals surface area contributed by atoms with Crippen molar-refractivity contribution in [3.8, 4) is 0 Å². The van der Waals surface area contributed by atoms with Gasteiger partial charge in [0.2, 0.25) is 0 Å². The van der Waals surface area contributed by atoms with Crippen LogP contribution in [0.15, 0.2) is 0 Å². The number of ketones is 1. The van der Waals surface area contributed by atoms with E-state index in [1.807, 2.05) is 0 Å². The van der Waals surface area contributed by atoms with Crippen molar-refractivity contribution in [3.05, 3.63) is 0 Å². The molecule has 0 spiro atoms. The zero-order valence-corrected chi connectivity index (χ0v) is 13.2. The number of carbonyl (C=O) groups is 2. The van der Waals surface area contributed by atoms with Crippen LogP contribution in [-0.2, 0) is 14.3 Å². The normalized spacial score (nSPS) is 23.4. The van der Waals surface area contributed by atoms with Crippen molar-refractivity contribution in [1.82, 2.24) is 0 Å². The molecule has 0 aliphatic carbocycles. The topological polar surface area (TPSA) is 92.9 Å². The average molecular weight is 335 g/mol. The SMILES string of the molecule is CC(C)C[C@H](N)C(=O)[C@@]1(C)CO1.O=C(O)C(Cl)(Cl)Cl. The molecule has 0 amide bonds. The van der Waals surface area contributed by atoms with E-state index in [1.54, 1.807) is 6.92 Å². The second-order valence-electron chi connectivity index (χ2n) is 4.92. The van der Waals surface area contributed by atoms with Crippen LogP contribution in [0.5, 0.6) is 0 Å². The molecule has 0 unspecified atom stereocenters. The Morgan fingerprint density at radius 2 is 1.79 bits per heavy atom. The Balaban J connectivity index is 0.000000399. The van der Waals surface area contributed by atoms with Crippen molar-refractivity contribution >= 4 is 46.6 Å². The van der Waals surface area contributed by atoms with Gasteiger partial charge in [-0.05, 0) is 19.3 Å². The van der Waals surface area contributed by atoms with Gasteiger partial charge in [-0.25, -0.2) is 4.79 Å². The summed E-state index contributed by atoms with van der Waals surface area (Å²) in [6, 6.07) is -0.350. The largest absolute Gasteiger partial charge is 0.478 e. The summed E-state index contributed by atoms with van der Waals surface area (Å²) >= 11 is 14.4. The number of Topliss-reactive ketones (excluding diaryl/α,β-unsaturated/α-hetero) is 1. The van der Waals surface area contributed by atoms with Gasteiger partial charge in [0.15, 0.2) is 5.78 Å². The Morgan fingerprint density at radius 3 is 2.00 bits per heavy atom. The van der Waals surface area contributed by atoms with Gasteiger partial charge in [-0.15, -0.1) is 0 Å². The molecule has 1 fully saturated rings. The fraction of sp³-hybridized carbons (Fsp3) is 0.818. The molecule has 0 radical (unpaired) electrons. The summed E-state index contributed by atoms with van der Waals surface area (Å²) in [5.41, 5.74) is 5.17. The first kappa shape index (κ1) is 18.9. The number of ether oxygens (including phenoxy) is 1. The van der Waals surface area contributed by atoms with Crippen molar-refractivity contribution in [1.29, 1.82) is 0 Å². The lowest BCUT2D eigenvalue weighted by Crippen LogP contribution is -2.40. The number of carbonyl (C=O) groups excluding carboxylic acids is 1. The number of nitrogens with two attached hydrogens (primary N) is 1. The number of aliphatic carboxylic acids is 1. The predicted octanol–water partition coefficient (Wildman–Crippen LogP) is 2.16. The Kier molecular flexibility index (Phi) is 7.06. The fourth-order valence-electron chi connectivity index (χ4n) is 1.26. The molecule has 0 aromatic carbocycles. The predicted molar refractivity (Wildman–Crippen MR) is 74.7 cm³/mol. The van der Waals surface area contributed by atoms with Crippen LogP contribution in [0.4, 0.5) is 0 Å². The van der Waals surface area contributed by atoms with E-state index in [4.69, 9.17) is 50.4 Å². The molecule has 3 N–H and O–H groups in total. The minimum Gasteiger partial charge on any atom is -0.478 e. The summed E-state index contributed by atoms with van der Waals surface area (Å²) in [6.45, 7) is 6.46. The second kappa shape index (κ2) is 7.09. The Labute approximate surface area is 127 Å². The van der Waals surface area contributed by atoms with Crippen LogP contribution in [0.1, 0.15) is 27.2 Å². The third-order valence-electron chi connectivity index (χ3n) is 2.40. The Morgan fingerprint density at radius 1 is 1.42 bits per heavy atom. The van der Waals surface area contributed by atoms with Gasteiger partial charge in [0.25, 0.3) is 3.79 Å². The zero-order valence-electron chi connectivity index (χ0n) is 11.0. The lowest BCUT2D eigenvalue weighted by Gasteiger charge is -2.14. The molecule has 1 aliphatic heterocycles. The summed E-state index contributed by atoms with van der Waals surface area (Å²) in [6.07, 6.45) is 0.748. The number of hydrogen-bond donors (Lipinski definition) is 2. The van der Waals surface area contributed by atoms with Gasteiger partial charge >= 0.3 is 5.97 Å². The number of rotatable bonds is 4. The molecule has 1 aliphatic rings. The number of carboxylic acids is 1. The van der Waals surface area contributed by atoms with Crippen LogP contribution >= 0.6 is 34.8 Å². The summed E-state index contributed by atoms with van der Waals surface area (Å²) < 4.78 is 2.86.